The van der Waals surface area contributed by atoms with E-state index in [9.17, 15) is 14.4 Å². The lowest BCUT2D eigenvalue weighted by Gasteiger charge is -2.14. The van der Waals surface area contributed by atoms with Gasteiger partial charge in [-0.2, -0.15) is 0 Å². The molecule has 0 radical (unpaired) electrons. The van der Waals surface area contributed by atoms with Gasteiger partial charge in [0.25, 0.3) is 5.91 Å². The quantitative estimate of drug-likeness (QED) is 0.730. The Labute approximate surface area is 120 Å². The zero-order valence-electron chi connectivity index (χ0n) is 10.9. The van der Waals surface area contributed by atoms with Crippen LogP contribution in [0.2, 0.25) is 5.02 Å². The van der Waals surface area contributed by atoms with Crippen LogP contribution in [0.15, 0.2) is 18.2 Å². The van der Waals surface area contributed by atoms with Crippen LogP contribution in [0, 0.1) is 6.92 Å². The molecule has 1 aromatic rings. The summed E-state index contributed by atoms with van der Waals surface area (Å²) in [6.07, 6.45) is -0.179. The molecular formula is C13H15ClN2O4. The summed E-state index contributed by atoms with van der Waals surface area (Å²) in [5, 5.41) is 11.7. The van der Waals surface area contributed by atoms with E-state index in [0.29, 0.717) is 5.02 Å². The van der Waals surface area contributed by atoms with Crippen LogP contribution >= 0.6 is 11.6 Å². The second-order valence-electron chi connectivity index (χ2n) is 4.33. The molecule has 2 amide bonds. The number of rotatable bonds is 6. The van der Waals surface area contributed by atoms with Gasteiger partial charge in [-0.1, -0.05) is 17.7 Å². The number of hydrogen-bond acceptors (Lipinski definition) is 3. The van der Waals surface area contributed by atoms with Crippen molar-refractivity contribution in [3.8, 4) is 0 Å². The Kier molecular flexibility index (Phi) is 5.52. The maximum Gasteiger partial charge on any atom is 0.326 e. The van der Waals surface area contributed by atoms with Crippen molar-refractivity contribution in [3.05, 3.63) is 34.3 Å². The first-order valence-corrected chi connectivity index (χ1v) is 6.27. The largest absolute Gasteiger partial charge is 0.480 e. The molecule has 0 aliphatic heterocycles. The summed E-state index contributed by atoms with van der Waals surface area (Å²) in [4.78, 5) is 33.6. The number of aliphatic carboxylic acids is 1. The Morgan fingerprint density at radius 2 is 2.05 bits per heavy atom. The van der Waals surface area contributed by atoms with Crippen molar-refractivity contribution in [2.75, 3.05) is 0 Å². The highest BCUT2D eigenvalue weighted by Gasteiger charge is 2.21. The van der Waals surface area contributed by atoms with Crippen LogP contribution in [0.5, 0.6) is 0 Å². The number of benzene rings is 1. The van der Waals surface area contributed by atoms with Gasteiger partial charge in [0.2, 0.25) is 5.91 Å². The number of hydrogen-bond donors (Lipinski definition) is 3. The number of carboxylic acids is 1. The number of nitrogens with one attached hydrogen (secondary N) is 1. The Balaban J connectivity index is 2.77. The second kappa shape index (κ2) is 6.91. The van der Waals surface area contributed by atoms with Crippen molar-refractivity contribution >= 4 is 29.4 Å². The average Bonchev–Trinajstić information content (AvgIpc) is 2.36. The van der Waals surface area contributed by atoms with Crippen LogP contribution in [0.4, 0.5) is 0 Å². The Morgan fingerprint density at radius 1 is 1.40 bits per heavy atom. The van der Waals surface area contributed by atoms with Crippen LogP contribution in [-0.2, 0) is 9.59 Å². The van der Waals surface area contributed by atoms with E-state index in [1.165, 1.54) is 6.07 Å². The zero-order valence-corrected chi connectivity index (χ0v) is 11.6. The Hall–Kier alpha value is -2.08. The number of aryl methyl sites for hydroxylation is 1. The lowest BCUT2D eigenvalue weighted by Crippen LogP contribution is -2.41. The summed E-state index contributed by atoms with van der Waals surface area (Å²) < 4.78 is 0. The number of amides is 2. The molecule has 1 rings (SSSR count). The van der Waals surface area contributed by atoms with E-state index < -0.39 is 23.8 Å². The molecule has 0 saturated heterocycles. The van der Waals surface area contributed by atoms with Crippen molar-refractivity contribution in [3.63, 3.8) is 0 Å². The van der Waals surface area contributed by atoms with Crippen LogP contribution < -0.4 is 11.1 Å². The minimum absolute atomic E-state index is 0.0595. The van der Waals surface area contributed by atoms with Gasteiger partial charge in [-0.25, -0.2) is 4.79 Å². The van der Waals surface area contributed by atoms with Crippen molar-refractivity contribution in [1.82, 2.24) is 5.32 Å². The van der Waals surface area contributed by atoms with Crippen LogP contribution in [0.1, 0.15) is 28.8 Å². The van der Waals surface area contributed by atoms with Crippen molar-refractivity contribution in [2.45, 2.75) is 25.8 Å². The third kappa shape index (κ3) is 4.55. The molecule has 108 valence electrons. The molecule has 0 aliphatic rings. The van der Waals surface area contributed by atoms with E-state index in [-0.39, 0.29) is 18.4 Å². The van der Waals surface area contributed by atoms with Gasteiger partial charge in [0, 0.05) is 17.0 Å². The van der Waals surface area contributed by atoms with E-state index >= 15 is 0 Å². The van der Waals surface area contributed by atoms with Gasteiger partial charge in [0.1, 0.15) is 6.04 Å². The minimum atomic E-state index is -1.22. The molecule has 1 aromatic carbocycles. The Bertz CT molecular complexity index is 545. The highest BCUT2D eigenvalue weighted by Crippen LogP contribution is 2.16. The zero-order chi connectivity index (χ0) is 15.3. The number of carbonyl (C=O) groups is 3. The lowest BCUT2D eigenvalue weighted by atomic mass is 10.1. The SMILES string of the molecule is Cc1ccc(C(=O)N[C@H](CCC(N)=O)C(=O)O)cc1Cl. The van der Waals surface area contributed by atoms with Gasteiger partial charge >= 0.3 is 5.97 Å². The molecule has 6 nitrogen and oxygen atoms in total. The molecule has 7 heteroatoms. The van der Waals surface area contributed by atoms with Crippen LogP contribution in [0.25, 0.3) is 0 Å². The van der Waals surface area contributed by atoms with Crippen molar-refractivity contribution in [2.24, 2.45) is 5.73 Å². The summed E-state index contributed by atoms with van der Waals surface area (Å²) in [6, 6.07) is 3.49. The van der Waals surface area contributed by atoms with Gasteiger partial charge in [-0.05, 0) is 31.0 Å². The Morgan fingerprint density at radius 3 is 2.55 bits per heavy atom. The molecule has 4 N–H and O–H groups in total. The predicted octanol–water partition coefficient (Wildman–Crippen LogP) is 1.10. The molecule has 0 aromatic heterocycles. The number of carboxylic acid groups (broad SMARTS) is 1. The predicted molar refractivity (Wildman–Crippen MR) is 73.5 cm³/mol. The summed E-state index contributed by atoms with van der Waals surface area (Å²) >= 11 is 5.90. The minimum Gasteiger partial charge on any atom is -0.480 e. The highest BCUT2D eigenvalue weighted by molar-refractivity contribution is 6.31. The van der Waals surface area contributed by atoms with Crippen LogP contribution in [0.3, 0.4) is 0 Å². The third-order valence-electron chi connectivity index (χ3n) is 2.72. The van der Waals surface area contributed by atoms with Gasteiger partial charge in [-0.15, -0.1) is 0 Å². The number of halogens is 1. The summed E-state index contributed by atoms with van der Waals surface area (Å²) in [7, 11) is 0. The number of carbonyl (C=O) groups excluding carboxylic acids is 2. The molecule has 0 unspecified atom stereocenters. The molecule has 20 heavy (non-hydrogen) atoms. The van der Waals surface area contributed by atoms with Gasteiger partial charge in [0.05, 0.1) is 0 Å². The van der Waals surface area contributed by atoms with E-state index in [1.54, 1.807) is 19.1 Å². The molecule has 0 aliphatic carbocycles. The summed E-state index contributed by atoms with van der Waals surface area (Å²) in [6.45, 7) is 1.79. The average molecular weight is 299 g/mol. The van der Waals surface area contributed by atoms with E-state index in [1.807, 2.05) is 0 Å². The first-order chi connectivity index (χ1) is 9.31. The normalized spacial score (nSPS) is 11.7. The summed E-state index contributed by atoms with van der Waals surface area (Å²) in [5.41, 5.74) is 6.02. The number of nitrogens with two attached hydrogens (primary N) is 1. The second-order valence-corrected chi connectivity index (χ2v) is 4.74. The smallest absolute Gasteiger partial charge is 0.326 e. The first-order valence-electron chi connectivity index (χ1n) is 5.89. The monoisotopic (exact) mass is 298 g/mol. The fourth-order valence-electron chi connectivity index (χ4n) is 1.52. The molecule has 0 fully saturated rings. The number of primary amides is 1. The van der Waals surface area contributed by atoms with E-state index in [4.69, 9.17) is 22.4 Å². The molecular weight excluding hydrogens is 284 g/mol. The van der Waals surface area contributed by atoms with Gasteiger partial charge in [-0.3, -0.25) is 9.59 Å². The fourth-order valence-corrected chi connectivity index (χ4v) is 1.70. The highest BCUT2D eigenvalue weighted by atomic mass is 35.5. The third-order valence-corrected chi connectivity index (χ3v) is 3.12. The maximum atomic E-state index is 11.9. The summed E-state index contributed by atoms with van der Waals surface area (Å²) in [5.74, 6) is -2.41. The van der Waals surface area contributed by atoms with Crippen molar-refractivity contribution in [1.29, 1.82) is 0 Å². The molecule has 0 bridgehead atoms. The molecule has 0 saturated carbocycles. The van der Waals surface area contributed by atoms with Crippen molar-refractivity contribution < 1.29 is 19.5 Å². The lowest BCUT2D eigenvalue weighted by molar-refractivity contribution is -0.139. The van der Waals surface area contributed by atoms with Gasteiger partial charge in [0.15, 0.2) is 0 Å². The topological polar surface area (TPSA) is 109 Å². The van der Waals surface area contributed by atoms with E-state index in [2.05, 4.69) is 5.32 Å². The van der Waals surface area contributed by atoms with Crippen LogP contribution in [-0.4, -0.2) is 28.9 Å². The van der Waals surface area contributed by atoms with Gasteiger partial charge < -0.3 is 16.2 Å². The fraction of sp³-hybridized carbons (Fsp3) is 0.308. The first kappa shape index (κ1) is 16.0. The maximum absolute atomic E-state index is 11.9. The molecule has 1 atom stereocenters. The standard InChI is InChI=1S/C13H15ClN2O4/c1-7-2-3-8(6-9(7)14)12(18)16-10(13(19)20)4-5-11(15)17/h2-3,6,10H,4-5H2,1H3,(H2,15,17)(H,16,18)(H,19,20)/t10-/m1/s1. The molecule has 0 heterocycles. The van der Waals surface area contributed by atoms with E-state index in [0.717, 1.165) is 5.56 Å². The molecule has 0 spiro atoms.